The van der Waals surface area contributed by atoms with E-state index in [2.05, 4.69) is 39.7 Å². The van der Waals surface area contributed by atoms with Crippen LogP contribution in [0.15, 0.2) is 36.7 Å². The van der Waals surface area contributed by atoms with Gasteiger partial charge in [-0.15, -0.1) is 0 Å². The second-order valence-electron chi connectivity index (χ2n) is 5.38. The maximum absolute atomic E-state index is 5.71. The van der Waals surface area contributed by atoms with Gasteiger partial charge in [0.2, 0.25) is 5.88 Å². The second kappa shape index (κ2) is 6.20. The fraction of sp³-hybridized carbons (Fsp3) is 0.375. The lowest BCUT2D eigenvalue weighted by molar-refractivity contribution is 0.395. The highest BCUT2D eigenvalue weighted by Gasteiger charge is 2.20. The Kier molecular flexibility index (Phi) is 4.13. The zero-order chi connectivity index (χ0) is 14.7. The number of methoxy groups -OCH3 is 1. The monoisotopic (exact) mass is 284 g/mol. The van der Waals surface area contributed by atoms with E-state index in [9.17, 15) is 0 Å². The Morgan fingerprint density at radius 3 is 2.57 bits per heavy atom. The van der Waals surface area contributed by atoms with Crippen molar-refractivity contribution in [2.75, 3.05) is 7.11 Å². The lowest BCUT2D eigenvalue weighted by atomic mass is 9.80. The normalized spacial score (nSPS) is 16.3. The molecule has 0 aliphatic heterocycles. The van der Waals surface area contributed by atoms with E-state index in [1.807, 2.05) is 0 Å². The summed E-state index contributed by atoms with van der Waals surface area (Å²) in [4.78, 5) is 8.31. The van der Waals surface area contributed by atoms with E-state index in [0.717, 1.165) is 17.2 Å². The van der Waals surface area contributed by atoms with Crippen molar-refractivity contribution in [2.24, 2.45) is 5.84 Å². The first kappa shape index (κ1) is 14.0. The molecule has 0 saturated heterocycles. The molecule has 0 radical (unpaired) electrons. The third-order valence-electron chi connectivity index (χ3n) is 4.18. The summed E-state index contributed by atoms with van der Waals surface area (Å²) < 4.78 is 5.14. The third-order valence-corrected chi connectivity index (χ3v) is 4.18. The fourth-order valence-electron chi connectivity index (χ4n) is 2.68. The summed E-state index contributed by atoms with van der Waals surface area (Å²) >= 11 is 0. The highest BCUT2D eigenvalue weighted by molar-refractivity contribution is 5.33. The molecule has 5 heteroatoms. The molecule has 3 rings (SSSR count). The maximum Gasteiger partial charge on any atom is 0.216 e. The van der Waals surface area contributed by atoms with Crippen molar-refractivity contribution in [3.63, 3.8) is 0 Å². The van der Waals surface area contributed by atoms with Crippen molar-refractivity contribution >= 4 is 0 Å². The van der Waals surface area contributed by atoms with Gasteiger partial charge in [-0.25, -0.2) is 15.4 Å². The first-order valence-electron chi connectivity index (χ1n) is 7.23. The molecule has 1 heterocycles. The standard InChI is InChI=1S/C16H20N4O/c1-21-15-9-14(18-10-19-15)16(20-17)13-7-5-12(6-8-13)11-3-2-4-11/h5-11,16,20H,2-4,17H2,1H3. The second-order valence-corrected chi connectivity index (χ2v) is 5.38. The van der Waals surface area contributed by atoms with E-state index in [1.165, 1.54) is 31.2 Å². The molecule has 0 amide bonds. The highest BCUT2D eigenvalue weighted by Crippen LogP contribution is 2.36. The number of aromatic nitrogens is 2. The van der Waals surface area contributed by atoms with Gasteiger partial charge in [0.15, 0.2) is 0 Å². The molecule has 21 heavy (non-hydrogen) atoms. The summed E-state index contributed by atoms with van der Waals surface area (Å²) in [6.45, 7) is 0. The first-order chi connectivity index (χ1) is 10.3. The molecular formula is C16H20N4O. The number of hydrogen-bond donors (Lipinski definition) is 2. The Balaban J connectivity index is 1.84. The van der Waals surface area contributed by atoms with Crippen LogP contribution < -0.4 is 16.0 Å². The van der Waals surface area contributed by atoms with E-state index in [1.54, 1.807) is 13.2 Å². The van der Waals surface area contributed by atoms with Crippen molar-refractivity contribution < 1.29 is 4.74 Å². The molecule has 0 bridgehead atoms. The van der Waals surface area contributed by atoms with Crippen LogP contribution in [0.4, 0.5) is 0 Å². The summed E-state index contributed by atoms with van der Waals surface area (Å²) in [6, 6.07) is 10.3. The van der Waals surface area contributed by atoms with Crippen LogP contribution in [-0.2, 0) is 0 Å². The Hall–Kier alpha value is -1.98. The predicted molar refractivity (Wildman–Crippen MR) is 80.8 cm³/mol. The molecule has 1 aromatic carbocycles. The number of nitrogens with zero attached hydrogens (tertiary/aromatic N) is 2. The summed E-state index contributed by atoms with van der Waals surface area (Å²) in [5.74, 6) is 6.98. The summed E-state index contributed by atoms with van der Waals surface area (Å²) in [5.41, 5.74) is 6.11. The van der Waals surface area contributed by atoms with Gasteiger partial charge in [-0.05, 0) is 29.9 Å². The van der Waals surface area contributed by atoms with Crippen molar-refractivity contribution in [3.05, 3.63) is 53.5 Å². The molecule has 1 aliphatic rings. The summed E-state index contributed by atoms with van der Waals surface area (Å²) in [5, 5.41) is 0. The molecule has 110 valence electrons. The SMILES string of the molecule is COc1cc(C(NN)c2ccc(C3CCC3)cc2)ncn1. The van der Waals surface area contributed by atoms with E-state index < -0.39 is 0 Å². The quantitative estimate of drug-likeness (QED) is 0.651. The predicted octanol–water partition coefficient (Wildman–Crippen LogP) is 2.31. The largest absolute Gasteiger partial charge is 0.481 e. The van der Waals surface area contributed by atoms with Crippen LogP contribution in [0.2, 0.25) is 0 Å². The van der Waals surface area contributed by atoms with Gasteiger partial charge < -0.3 is 4.74 Å². The summed E-state index contributed by atoms with van der Waals surface area (Å²) in [7, 11) is 1.59. The number of rotatable bonds is 5. The van der Waals surface area contributed by atoms with Gasteiger partial charge in [-0.3, -0.25) is 5.84 Å². The van der Waals surface area contributed by atoms with Crippen molar-refractivity contribution in [1.29, 1.82) is 0 Å². The van der Waals surface area contributed by atoms with E-state index in [-0.39, 0.29) is 6.04 Å². The average Bonchev–Trinajstić information content (AvgIpc) is 2.48. The Labute approximate surface area is 124 Å². The summed E-state index contributed by atoms with van der Waals surface area (Å²) in [6.07, 6.45) is 5.45. The highest BCUT2D eigenvalue weighted by atomic mass is 16.5. The van der Waals surface area contributed by atoms with Crippen LogP contribution in [-0.4, -0.2) is 17.1 Å². The van der Waals surface area contributed by atoms with Crippen LogP contribution >= 0.6 is 0 Å². The van der Waals surface area contributed by atoms with Gasteiger partial charge in [0, 0.05) is 6.07 Å². The topological polar surface area (TPSA) is 73.1 Å². The van der Waals surface area contributed by atoms with Gasteiger partial charge in [0.25, 0.3) is 0 Å². The number of benzene rings is 1. The Morgan fingerprint density at radius 2 is 2.00 bits per heavy atom. The zero-order valence-electron chi connectivity index (χ0n) is 12.1. The van der Waals surface area contributed by atoms with Gasteiger partial charge in [0.05, 0.1) is 18.8 Å². The van der Waals surface area contributed by atoms with Crippen LogP contribution in [0.3, 0.4) is 0 Å². The fourth-order valence-corrected chi connectivity index (χ4v) is 2.68. The maximum atomic E-state index is 5.71. The van der Waals surface area contributed by atoms with Crippen molar-refractivity contribution in [3.8, 4) is 5.88 Å². The number of hydrogen-bond acceptors (Lipinski definition) is 5. The molecule has 0 spiro atoms. The average molecular weight is 284 g/mol. The number of nitrogens with one attached hydrogen (secondary N) is 1. The third kappa shape index (κ3) is 2.89. The van der Waals surface area contributed by atoms with Gasteiger partial charge >= 0.3 is 0 Å². The van der Waals surface area contributed by atoms with Gasteiger partial charge in [0.1, 0.15) is 6.33 Å². The molecule has 5 nitrogen and oxygen atoms in total. The van der Waals surface area contributed by atoms with Crippen LogP contribution in [0.5, 0.6) is 5.88 Å². The molecule has 3 N–H and O–H groups in total. The molecule has 1 atom stereocenters. The van der Waals surface area contributed by atoms with Crippen molar-refractivity contribution in [1.82, 2.24) is 15.4 Å². The van der Waals surface area contributed by atoms with Crippen LogP contribution in [0.25, 0.3) is 0 Å². The zero-order valence-corrected chi connectivity index (χ0v) is 12.1. The first-order valence-corrected chi connectivity index (χ1v) is 7.23. The van der Waals surface area contributed by atoms with Gasteiger partial charge in [-0.2, -0.15) is 0 Å². The van der Waals surface area contributed by atoms with E-state index >= 15 is 0 Å². The molecule has 1 saturated carbocycles. The molecular weight excluding hydrogens is 264 g/mol. The minimum absolute atomic E-state index is 0.169. The molecule has 2 aromatic rings. The smallest absolute Gasteiger partial charge is 0.216 e. The number of ether oxygens (including phenoxy) is 1. The van der Waals surface area contributed by atoms with Crippen LogP contribution in [0.1, 0.15) is 48.0 Å². The van der Waals surface area contributed by atoms with Crippen LogP contribution in [0, 0.1) is 0 Å². The number of hydrazine groups is 1. The lowest BCUT2D eigenvalue weighted by Crippen LogP contribution is -2.29. The lowest BCUT2D eigenvalue weighted by Gasteiger charge is -2.26. The molecule has 1 aromatic heterocycles. The Morgan fingerprint density at radius 1 is 1.24 bits per heavy atom. The van der Waals surface area contributed by atoms with E-state index in [4.69, 9.17) is 10.6 Å². The van der Waals surface area contributed by atoms with Crippen molar-refractivity contribution in [2.45, 2.75) is 31.2 Å². The van der Waals surface area contributed by atoms with E-state index in [0.29, 0.717) is 5.88 Å². The minimum Gasteiger partial charge on any atom is -0.481 e. The molecule has 1 unspecified atom stereocenters. The minimum atomic E-state index is -0.169. The molecule has 1 fully saturated rings. The van der Waals surface area contributed by atoms with Gasteiger partial charge in [-0.1, -0.05) is 30.7 Å². The Bertz CT molecular complexity index is 595. The molecule has 1 aliphatic carbocycles. The number of nitrogens with two attached hydrogens (primary N) is 1.